The molecule has 1 aliphatic rings. The number of ether oxygens (including phenoxy) is 1. The summed E-state index contributed by atoms with van der Waals surface area (Å²) in [6, 6.07) is 8.92. The maximum atomic E-state index is 6.02. The van der Waals surface area contributed by atoms with E-state index >= 15 is 0 Å². The van der Waals surface area contributed by atoms with E-state index in [-0.39, 0.29) is 0 Å². The van der Waals surface area contributed by atoms with Crippen molar-refractivity contribution in [3.05, 3.63) is 45.7 Å². The van der Waals surface area contributed by atoms with Crippen molar-refractivity contribution in [3.8, 4) is 5.75 Å². The summed E-state index contributed by atoms with van der Waals surface area (Å²) < 4.78 is 8.91. The Morgan fingerprint density at radius 2 is 2.14 bits per heavy atom. The van der Waals surface area contributed by atoms with Crippen LogP contribution in [0.4, 0.5) is 0 Å². The van der Waals surface area contributed by atoms with Gasteiger partial charge in [0, 0.05) is 25.2 Å². The van der Waals surface area contributed by atoms with Gasteiger partial charge in [-0.3, -0.25) is 4.68 Å². The molecule has 0 atom stereocenters. The minimum Gasteiger partial charge on any atom is -0.487 e. The number of nitrogens with zero attached hydrogens (tertiary/aromatic N) is 2. The lowest BCUT2D eigenvalue weighted by atomic mass is 10.2. The van der Waals surface area contributed by atoms with Crippen molar-refractivity contribution in [2.45, 2.75) is 39.0 Å². The summed E-state index contributed by atoms with van der Waals surface area (Å²) in [7, 11) is 1.94. The lowest BCUT2D eigenvalue weighted by molar-refractivity contribution is 0.290. The van der Waals surface area contributed by atoms with Crippen molar-refractivity contribution < 1.29 is 4.74 Å². The van der Waals surface area contributed by atoms with Crippen LogP contribution in [0.25, 0.3) is 0 Å². The predicted molar refractivity (Wildman–Crippen MR) is 86.3 cm³/mol. The number of aromatic nitrogens is 2. The summed E-state index contributed by atoms with van der Waals surface area (Å²) in [4.78, 5) is 0. The van der Waals surface area contributed by atoms with Gasteiger partial charge in [0.25, 0.3) is 0 Å². The normalized spacial score (nSPS) is 14.4. The average Bonchev–Trinajstić information content (AvgIpc) is 3.26. The molecule has 0 bridgehead atoms. The quantitative estimate of drug-likeness (QED) is 0.869. The average molecular weight is 350 g/mol. The number of para-hydroxylation sites is 1. The Hall–Kier alpha value is -1.33. The maximum absolute atomic E-state index is 6.02. The van der Waals surface area contributed by atoms with E-state index in [2.05, 4.69) is 38.5 Å². The van der Waals surface area contributed by atoms with E-state index < -0.39 is 0 Å². The van der Waals surface area contributed by atoms with Gasteiger partial charge in [0.1, 0.15) is 12.4 Å². The minimum absolute atomic E-state index is 0.512. The third-order valence-electron chi connectivity index (χ3n) is 3.76. The number of hydrogen-bond donors (Lipinski definition) is 1. The Bertz CT molecular complexity index is 634. The Kier molecular flexibility index (Phi) is 4.31. The monoisotopic (exact) mass is 349 g/mol. The highest BCUT2D eigenvalue weighted by Gasteiger charge is 2.20. The van der Waals surface area contributed by atoms with Gasteiger partial charge in [-0.15, -0.1) is 0 Å². The second kappa shape index (κ2) is 6.20. The number of rotatable bonds is 6. The Labute approximate surface area is 133 Å². The van der Waals surface area contributed by atoms with Crippen molar-refractivity contribution in [2.24, 2.45) is 7.05 Å². The zero-order chi connectivity index (χ0) is 14.8. The van der Waals surface area contributed by atoms with E-state index in [9.17, 15) is 0 Å². The molecule has 5 heteroatoms. The van der Waals surface area contributed by atoms with Crippen LogP contribution in [0.3, 0.4) is 0 Å². The molecule has 2 aromatic rings. The summed E-state index contributed by atoms with van der Waals surface area (Å²) in [5, 5.41) is 7.92. The van der Waals surface area contributed by atoms with E-state index in [1.54, 1.807) is 0 Å². The number of hydrogen-bond acceptors (Lipinski definition) is 3. The second-order valence-corrected chi connectivity index (χ2v) is 6.31. The van der Waals surface area contributed by atoms with Crippen LogP contribution in [-0.2, 0) is 20.2 Å². The Balaban J connectivity index is 1.69. The van der Waals surface area contributed by atoms with Crippen LogP contribution in [0.5, 0.6) is 5.75 Å². The van der Waals surface area contributed by atoms with E-state index in [0.29, 0.717) is 12.6 Å². The third kappa shape index (κ3) is 3.47. The zero-order valence-corrected chi connectivity index (χ0v) is 14.0. The Morgan fingerprint density at radius 1 is 1.38 bits per heavy atom. The molecule has 1 saturated carbocycles. The fourth-order valence-corrected chi connectivity index (χ4v) is 2.77. The SMILES string of the molecule is Cc1nn(C)c(COc2ccccc2CNC2CC2)c1Br. The van der Waals surface area contributed by atoms with Crippen LogP contribution >= 0.6 is 15.9 Å². The number of benzene rings is 1. The number of aryl methyl sites for hydroxylation is 2. The van der Waals surface area contributed by atoms with Crippen molar-refractivity contribution in [1.82, 2.24) is 15.1 Å². The van der Waals surface area contributed by atoms with Gasteiger partial charge in [-0.1, -0.05) is 18.2 Å². The summed E-state index contributed by atoms with van der Waals surface area (Å²) >= 11 is 3.58. The standard InChI is InChI=1S/C16H20BrN3O/c1-11-16(17)14(20(2)19-11)10-21-15-6-4-3-5-12(15)9-18-13-7-8-13/h3-6,13,18H,7-10H2,1-2H3. The predicted octanol–water partition coefficient (Wildman–Crippen LogP) is 3.32. The molecule has 0 aliphatic heterocycles. The molecule has 1 aromatic heterocycles. The van der Waals surface area contributed by atoms with Crippen LogP contribution < -0.4 is 10.1 Å². The van der Waals surface area contributed by atoms with Crippen LogP contribution in [-0.4, -0.2) is 15.8 Å². The molecule has 0 saturated heterocycles. The van der Waals surface area contributed by atoms with Crippen molar-refractivity contribution >= 4 is 15.9 Å². The van der Waals surface area contributed by atoms with Gasteiger partial charge in [0.2, 0.25) is 0 Å². The summed E-state index contributed by atoms with van der Waals surface area (Å²) in [5.41, 5.74) is 3.25. The zero-order valence-electron chi connectivity index (χ0n) is 12.4. The topological polar surface area (TPSA) is 39.1 Å². The summed E-state index contributed by atoms with van der Waals surface area (Å²) in [6.07, 6.45) is 2.59. The van der Waals surface area contributed by atoms with Gasteiger partial charge in [-0.05, 0) is 41.8 Å². The largest absolute Gasteiger partial charge is 0.487 e. The highest BCUT2D eigenvalue weighted by atomic mass is 79.9. The smallest absolute Gasteiger partial charge is 0.131 e. The lowest BCUT2D eigenvalue weighted by Crippen LogP contribution is -2.16. The van der Waals surface area contributed by atoms with Gasteiger partial charge in [-0.25, -0.2) is 0 Å². The van der Waals surface area contributed by atoms with Gasteiger partial charge >= 0.3 is 0 Å². The lowest BCUT2D eigenvalue weighted by Gasteiger charge is -2.12. The van der Waals surface area contributed by atoms with Crippen molar-refractivity contribution in [3.63, 3.8) is 0 Å². The molecular weight excluding hydrogens is 330 g/mol. The van der Waals surface area contributed by atoms with Crippen LogP contribution in [0.2, 0.25) is 0 Å². The van der Waals surface area contributed by atoms with Gasteiger partial charge in [0.15, 0.2) is 0 Å². The molecule has 21 heavy (non-hydrogen) atoms. The first-order valence-electron chi connectivity index (χ1n) is 7.27. The van der Waals surface area contributed by atoms with Gasteiger partial charge in [-0.2, -0.15) is 5.10 Å². The molecule has 1 heterocycles. The Morgan fingerprint density at radius 3 is 2.81 bits per heavy atom. The molecule has 1 aliphatic carbocycles. The molecule has 0 unspecified atom stereocenters. The highest BCUT2D eigenvalue weighted by molar-refractivity contribution is 9.10. The summed E-state index contributed by atoms with van der Waals surface area (Å²) in [5.74, 6) is 0.941. The summed E-state index contributed by atoms with van der Waals surface area (Å²) in [6.45, 7) is 3.37. The van der Waals surface area contributed by atoms with Gasteiger partial charge in [0.05, 0.1) is 15.9 Å². The van der Waals surface area contributed by atoms with E-state index in [0.717, 1.165) is 28.2 Å². The van der Waals surface area contributed by atoms with E-state index in [1.165, 1.54) is 18.4 Å². The molecule has 0 radical (unpaired) electrons. The number of halogens is 1. The second-order valence-electron chi connectivity index (χ2n) is 5.52. The van der Waals surface area contributed by atoms with Gasteiger partial charge < -0.3 is 10.1 Å². The molecule has 1 fully saturated rings. The molecule has 3 rings (SSSR count). The first-order valence-corrected chi connectivity index (χ1v) is 8.06. The van der Waals surface area contributed by atoms with Crippen molar-refractivity contribution in [2.75, 3.05) is 0 Å². The maximum Gasteiger partial charge on any atom is 0.131 e. The molecule has 1 aromatic carbocycles. The molecule has 0 spiro atoms. The fraction of sp³-hybridized carbons (Fsp3) is 0.438. The third-order valence-corrected chi connectivity index (χ3v) is 4.79. The highest BCUT2D eigenvalue weighted by Crippen LogP contribution is 2.25. The van der Waals surface area contributed by atoms with E-state index in [4.69, 9.17) is 4.74 Å². The van der Waals surface area contributed by atoms with Crippen molar-refractivity contribution in [1.29, 1.82) is 0 Å². The molecular formula is C16H20BrN3O. The fourth-order valence-electron chi connectivity index (χ4n) is 2.32. The molecule has 1 N–H and O–H groups in total. The van der Waals surface area contributed by atoms with E-state index in [1.807, 2.05) is 30.8 Å². The first kappa shape index (κ1) is 14.6. The first-order chi connectivity index (χ1) is 10.1. The van der Waals surface area contributed by atoms with Crippen LogP contribution in [0, 0.1) is 6.92 Å². The molecule has 4 nitrogen and oxygen atoms in total. The van der Waals surface area contributed by atoms with Crippen LogP contribution in [0.15, 0.2) is 28.7 Å². The minimum atomic E-state index is 0.512. The van der Waals surface area contributed by atoms with Crippen LogP contribution in [0.1, 0.15) is 29.8 Å². The molecule has 0 amide bonds. The number of nitrogens with one attached hydrogen (secondary N) is 1. The molecule has 112 valence electrons.